The first-order chi connectivity index (χ1) is 44.7. The summed E-state index contributed by atoms with van der Waals surface area (Å²) in [5.74, 6) is -2.11. The summed E-state index contributed by atoms with van der Waals surface area (Å²) in [5, 5.41) is 10.6. The number of phosphoric acid groups is 2. The van der Waals surface area contributed by atoms with E-state index in [-0.39, 0.29) is 25.7 Å². The lowest BCUT2D eigenvalue weighted by Crippen LogP contribution is -2.30. The number of hydrogen-bond acceptors (Lipinski definition) is 15. The Bertz CT molecular complexity index is 1760. The molecule has 0 aliphatic carbocycles. The minimum absolute atomic E-state index is 0.108. The van der Waals surface area contributed by atoms with Gasteiger partial charge in [0.25, 0.3) is 0 Å². The summed E-state index contributed by atoms with van der Waals surface area (Å²) in [6.07, 6.45) is 56.7. The second-order valence-corrected chi connectivity index (χ2v) is 29.2. The molecule has 0 aliphatic rings. The van der Waals surface area contributed by atoms with Crippen molar-refractivity contribution in [3.05, 3.63) is 0 Å². The molecule has 0 aromatic rings. The van der Waals surface area contributed by atoms with Crippen LogP contribution in [0.2, 0.25) is 0 Å². The number of carbonyl (C=O) groups excluding carboxylic acids is 4. The molecule has 5 atom stereocenters. The van der Waals surface area contributed by atoms with Gasteiger partial charge in [0.1, 0.15) is 19.3 Å². The first-order valence-corrected chi connectivity index (χ1v) is 41.3. The van der Waals surface area contributed by atoms with Gasteiger partial charge in [-0.05, 0) is 25.7 Å². The van der Waals surface area contributed by atoms with E-state index in [2.05, 4.69) is 27.7 Å². The molecule has 0 spiro atoms. The van der Waals surface area contributed by atoms with Crippen molar-refractivity contribution >= 4 is 39.5 Å². The normalized spacial score (nSPS) is 13.9. The van der Waals surface area contributed by atoms with E-state index in [4.69, 9.17) is 37.0 Å². The number of ether oxygens (including phenoxy) is 4. The average molecular weight is 1350 g/mol. The van der Waals surface area contributed by atoms with Gasteiger partial charge in [-0.3, -0.25) is 37.3 Å². The smallest absolute Gasteiger partial charge is 0.462 e. The van der Waals surface area contributed by atoms with Crippen LogP contribution in [0.15, 0.2) is 0 Å². The minimum atomic E-state index is -4.95. The molecule has 0 fully saturated rings. The van der Waals surface area contributed by atoms with Gasteiger partial charge in [-0.25, -0.2) is 9.13 Å². The fraction of sp³-hybridized carbons (Fsp3) is 0.945. The summed E-state index contributed by atoms with van der Waals surface area (Å²) < 4.78 is 68.4. The van der Waals surface area contributed by atoms with Crippen molar-refractivity contribution in [3.8, 4) is 0 Å². The molecule has 0 saturated carbocycles. The number of aliphatic hydroxyl groups excluding tert-OH is 1. The molecule has 0 amide bonds. The van der Waals surface area contributed by atoms with Gasteiger partial charge < -0.3 is 33.8 Å². The van der Waals surface area contributed by atoms with Gasteiger partial charge in [0.2, 0.25) is 0 Å². The summed E-state index contributed by atoms with van der Waals surface area (Å²) in [6, 6.07) is 0. The Hall–Kier alpha value is -1.94. The van der Waals surface area contributed by atoms with Crippen molar-refractivity contribution in [3.63, 3.8) is 0 Å². The lowest BCUT2D eigenvalue weighted by atomic mass is 10.0. The fourth-order valence-corrected chi connectivity index (χ4v) is 12.8. The fourth-order valence-electron chi connectivity index (χ4n) is 11.2. The standard InChI is InChI=1S/C73H142O17P2/c1-5-9-13-17-21-25-28-31-33-34-37-40-44-48-52-56-60-73(78)90-69(64-84-71(76)58-54-50-46-42-38-36-32-29-26-22-18-14-10-6-2)66-88-92(81,82)86-62-67(74)61-85-91(79,80)87-65-68(63-83-70(75)57-53-49-45-41-24-20-16-12-8-4)89-72(77)59-55-51-47-43-39-35-30-27-23-19-15-11-7-3/h67-69,74H,5-66H2,1-4H3,(H,79,80)(H,81,82)/t67-,68+,69+/m0/s1. The lowest BCUT2D eigenvalue weighted by molar-refractivity contribution is -0.161. The van der Waals surface area contributed by atoms with E-state index >= 15 is 0 Å². The van der Waals surface area contributed by atoms with Crippen LogP contribution in [0.3, 0.4) is 0 Å². The maximum atomic E-state index is 13.1. The number of phosphoric ester groups is 2. The van der Waals surface area contributed by atoms with Gasteiger partial charge in [-0.15, -0.1) is 0 Å². The molecule has 546 valence electrons. The average Bonchev–Trinajstić information content (AvgIpc) is 1.68. The zero-order chi connectivity index (χ0) is 67.5. The van der Waals surface area contributed by atoms with Gasteiger partial charge in [0, 0.05) is 25.7 Å². The zero-order valence-electron chi connectivity index (χ0n) is 59.5. The molecule has 0 aromatic carbocycles. The van der Waals surface area contributed by atoms with Crippen molar-refractivity contribution in [1.82, 2.24) is 0 Å². The van der Waals surface area contributed by atoms with E-state index in [0.717, 1.165) is 89.9 Å². The zero-order valence-corrected chi connectivity index (χ0v) is 61.3. The van der Waals surface area contributed by atoms with Crippen molar-refractivity contribution in [2.75, 3.05) is 39.6 Å². The number of aliphatic hydroxyl groups is 1. The molecule has 19 heteroatoms. The highest BCUT2D eigenvalue weighted by atomic mass is 31.2. The van der Waals surface area contributed by atoms with Gasteiger partial charge in [0.05, 0.1) is 26.4 Å². The first-order valence-electron chi connectivity index (χ1n) is 38.3. The molecule has 0 rings (SSSR count). The molecule has 3 N–H and O–H groups in total. The quantitative estimate of drug-likeness (QED) is 0.0222. The van der Waals surface area contributed by atoms with Crippen LogP contribution in [0.1, 0.15) is 387 Å². The Morgan fingerprint density at radius 3 is 0.641 bits per heavy atom. The molecule has 0 aromatic heterocycles. The van der Waals surface area contributed by atoms with E-state index in [1.165, 1.54) is 218 Å². The highest BCUT2D eigenvalue weighted by Gasteiger charge is 2.30. The molecule has 0 radical (unpaired) electrons. The lowest BCUT2D eigenvalue weighted by Gasteiger charge is -2.21. The topological polar surface area (TPSA) is 237 Å². The maximum absolute atomic E-state index is 13.1. The SMILES string of the molecule is CCCCCCCCCCCCCCCCCCC(=O)O[C@H](COC(=O)CCCCCCCCCCCCCCCC)COP(=O)(O)OC[C@@H](O)COP(=O)(O)OC[C@@H](COC(=O)CCCCCCCCCCC)OC(=O)CCCCCCCCCCCCCCC. The van der Waals surface area contributed by atoms with Crippen LogP contribution in [0, 0.1) is 0 Å². The summed E-state index contributed by atoms with van der Waals surface area (Å²) in [5.41, 5.74) is 0. The number of rotatable bonds is 74. The van der Waals surface area contributed by atoms with E-state index in [9.17, 15) is 43.2 Å². The van der Waals surface area contributed by atoms with Gasteiger partial charge >= 0.3 is 39.5 Å². The molecule has 0 heterocycles. The maximum Gasteiger partial charge on any atom is 0.472 e. The van der Waals surface area contributed by atoms with Crippen molar-refractivity contribution in [2.24, 2.45) is 0 Å². The summed E-state index contributed by atoms with van der Waals surface area (Å²) in [6.45, 7) is 4.96. The van der Waals surface area contributed by atoms with E-state index in [1.54, 1.807) is 0 Å². The van der Waals surface area contributed by atoms with Crippen LogP contribution >= 0.6 is 15.6 Å². The molecule has 17 nitrogen and oxygen atoms in total. The van der Waals surface area contributed by atoms with Crippen LogP contribution in [0.5, 0.6) is 0 Å². The van der Waals surface area contributed by atoms with Crippen LogP contribution < -0.4 is 0 Å². The highest BCUT2D eigenvalue weighted by molar-refractivity contribution is 7.47. The monoisotopic (exact) mass is 1350 g/mol. The highest BCUT2D eigenvalue weighted by Crippen LogP contribution is 2.45. The third kappa shape index (κ3) is 66.7. The van der Waals surface area contributed by atoms with Crippen LogP contribution in [0.25, 0.3) is 0 Å². The van der Waals surface area contributed by atoms with Gasteiger partial charge in [0.15, 0.2) is 12.2 Å². The second kappa shape index (κ2) is 67.6. The van der Waals surface area contributed by atoms with E-state index in [1.807, 2.05) is 0 Å². The molecular formula is C73H142O17P2. The Morgan fingerprint density at radius 1 is 0.261 bits per heavy atom. The Labute approximate surface area is 562 Å². The third-order valence-corrected chi connectivity index (χ3v) is 19.0. The summed E-state index contributed by atoms with van der Waals surface area (Å²) >= 11 is 0. The predicted molar refractivity (Wildman–Crippen MR) is 372 cm³/mol. The number of esters is 4. The van der Waals surface area contributed by atoms with Crippen molar-refractivity contribution < 1.29 is 80.2 Å². The largest absolute Gasteiger partial charge is 0.472 e. The number of carbonyl (C=O) groups is 4. The van der Waals surface area contributed by atoms with Crippen molar-refractivity contribution in [1.29, 1.82) is 0 Å². The minimum Gasteiger partial charge on any atom is -0.462 e. The van der Waals surface area contributed by atoms with Crippen LogP contribution in [-0.4, -0.2) is 96.7 Å². The molecule has 0 saturated heterocycles. The Morgan fingerprint density at radius 2 is 0.435 bits per heavy atom. The molecule has 0 aliphatic heterocycles. The second-order valence-electron chi connectivity index (χ2n) is 26.3. The molecule has 0 bridgehead atoms. The van der Waals surface area contributed by atoms with Crippen molar-refractivity contribution in [2.45, 2.75) is 406 Å². The predicted octanol–water partition coefficient (Wildman–Crippen LogP) is 21.4. The van der Waals surface area contributed by atoms with Crippen LogP contribution in [0.4, 0.5) is 0 Å². The summed E-state index contributed by atoms with van der Waals surface area (Å²) in [4.78, 5) is 72.6. The summed E-state index contributed by atoms with van der Waals surface area (Å²) in [7, 11) is -9.90. The van der Waals surface area contributed by atoms with E-state index < -0.39 is 97.5 Å². The third-order valence-electron chi connectivity index (χ3n) is 17.1. The Balaban J connectivity index is 5.23. The van der Waals surface area contributed by atoms with E-state index in [0.29, 0.717) is 25.7 Å². The van der Waals surface area contributed by atoms with Gasteiger partial charge in [-0.2, -0.15) is 0 Å². The molecular weight excluding hydrogens is 1210 g/mol. The van der Waals surface area contributed by atoms with Crippen LogP contribution in [-0.2, 0) is 65.4 Å². The first kappa shape index (κ1) is 90.1. The van der Waals surface area contributed by atoms with Gasteiger partial charge in [-0.1, -0.05) is 336 Å². The molecule has 92 heavy (non-hydrogen) atoms. The number of unbranched alkanes of at least 4 members (excludes halogenated alkanes) is 48. The number of hydrogen-bond donors (Lipinski definition) is 3. The molecule has 2 unspecified atom stereocenters. The Kier molecular flexibility index (Phi) is 66.2.